The maximum Gasteiger partial charge on any atom is 0.0408 e. The van der Waals surface area contributed by atoms with E-state index in [1.165, 1.54) is 53.6 Å². The van der Waals surface area contributed by atoms with Crippen LogP contribution in [0.2, 0.25) is 0 Å². The molecule has 1 heterocycles. The first-order valence-corrected chi connectivity index (χ1v) is 11.8. The maximum atomic E-state index is 2.46. The molecule has 3 nitrogen and oxygen atoms in total. The van der Waals surface area contributed by atoms with E-state index in [-0.39, 0.29) is 0 Å². The second-order valence-corrected chi connectivity index (χ2v) is 12.0. The third kappa shape index (κ3) is 4.52. The number of aryl methyl sites for hydroxylation is 1. The molecular formula is C19H25I2N3Pt. The van der Waals surface area contributed by atoms with E-state index in [2.05, 4.69) is 120 Å². The summed E-state index contributed by atoms with van der Waals surface area (Å²) in [4.78, 5) is 0. The van der Waals surface area contributed by atoms with Gasteiger partial charge in [-0.1, -0.05) is 0 Å². The van der Waals surface area contributed by atoms with E-state index in [0.717, 1.165) is 5.92 Å². The second kappa shape index (κ2) is 8.70. The zero-order chi connectivity index (χ0) is 18.0. The van der Waals surface area contributed by atoms with Crippen LogP contribution in [0.15, 0.2) is 36.5 Å². The van der Waals surface area contributed by atoms with Crippen molar-refractivity contribution in [1.82, 2.24) is 10.5 Å². The third-order valence-electron chi connectivity index (χ3n) is 5.68. The number of halogens is 2. The zero-order valence-corrected chi connectivity index (χ0v) is 21.3. The predicted molar refractivity (Wildman–Crippen MR) is 117 cm³/mol. The Hall–Kier alpha value is 0.538. The molecule has 2 aromatic rings. The largest absolute Gasteiger partial charge is 0.182 e. The van der Waals surface area contributed by atoms with Gasteiger partial charge in [0, 0.05) is 51.3 Å². The Morgan fingerprint density at radius 1 is 1.04 bits per heavy atom. The molecule has 0 amide bonds. The van der Waals surface area contributed by atoms with Crippen LogP contribution in [0.25, 0.3) is 11.3 Å². The van der Waals surface area contributed by atoms with Crippen molar-refractivity contribution in [1.29, 1.82) is 0 Å². The van der Waals surface area contributed by atoms with E-state index in [4.69, 9.17) is 0 Å². The minimum absolute atomic E-state index is 0.593. The fourth-order valence-corrected chi connectivity index (χ4v) is 5.87. The van der Waals surface area contributed by atoms with Crippen LogP contribution in [0.5, 0.6) is 0 Å². The number of imidazole rings is 1. The van der Waals surface area contributed by atoms with Gasteiger partial charge in [0.15, 0.2) is 0 Å². The molecule has 0 atom stereocenters. The summed E-state index contributed by atoms with van der Waals surface area (Å²) < 4.78 is 7.96. The van der Waals surface area contributed by atoms with Crippen molar-refractivity contribution < 1.29 is 19.4 Å². The van der Waals surface area contributed by atoms with Crippen molar-refractivity contribution in [3.05, 3.63) is 40.3 Å². The van der Waals surface area contributed by atoms with E-state index in [0.29, 0.717) is 5.54 Å². The normalized spacial score (nSPS) is 25.0. The SMILES string of the molecule is Cn1cc(-c2ccccc2)n(C)[c]1=[Pt].IN(I)C12CCC(CC1)CC2. The van der Waals surface area contributed by atoms with Gasteiger partial charge in [0.2, 0.25) is 0 Å². The molecule has 3 aliphatic carbocycles. The quantitative estimate of drug-likeness (QED) is 0.280. The van der Waals surface area contributed by atoms with E-state index < -0.39 is 0 Å². The number of benzene rings is 1. The fourth-order valence-electron chi connectivity index (χ4n) is 4.00. The molecular weight excluding hydrogens is 719 g/mol. The summed E-state index contributed by atoms with van der Waals surface area (Å²) in [6.45, 7) is 0. The van der Waals surface area contributed by atoms with Gasteiger partial charge in [-0.25, -0.2) is 0 Å². The van der Waals surface area contributed by atoms with Gasteiger partial charge in [0.25, 0.3) is 0 Å². The second-order valence-electron chi connectivity index (χ2n) is 7.23. The smallest absolute Gasteiger partial charge is 0.0408 e. The summed E-state index contributed by atoms with van der Waals surface area (Å²) in [6.07, 6.45) is 11.0. The van der Waals surface area contributed by atoms with Crippen LogP contribution in [0.1, 0.15) is 38.5 Å². The number of hydrogen-bond acceptors (Lipinski definition) is 1. The topological polar surface area (TPSA) is 13.1 Å². The summed E-state index contributed by atoms with van der Waals surface area (Å²) in [5, 5.41) is 0. The molecule has 1 aromatic carbocycles. The van der Waals surface area contributed by atoms with Crippen LogP contribution in [0.4, 0.5) is 0 Å². The van der Waals surface area contributed by atoms with Crippen molar-refractivity contribution in [3.63, 3.8) is 0 Å². The number of aromatic nitrogens is 2. The monoisotopic (exact) mass is 744 g/mol. The van der Waals surface area contributed by atoms with Crippen LogP contribution in [-0.4, -0.2) is 16.0 Å². The number of rotatable bonds is 2. The predicted octanol–water partition coefficient (Wildman–Crippen LogP) is 5.82. The van der Waals surface area contributed by atoms with Crippen molar-refractivity contribution in [3.8, 4) is 11.3 Å². The van der Waals surface area contributed by atoms with Crippen LogP contribution < -0.4 is 0 Å². The first kappa shape index (κ1) is 20.3. The molecule has 3 aliphatic rings. The van der Waals surface area contributed by atoms with E-state index in [1.54, 1.807) is 0 Å². The van der Waals surface area contributed by atoms with E-state index >= 15 is 0 Å². The first-order valence-electron chi connectivity index (χ1n) is 8.78. The fraction of sp³-hybridized carbons (Fsp3) is 0.526. The van der Waals surface area contributed by atoms with E-state index in [9.17, 15) is 0 Å². The minimum Gasteiger partial charge on any atom is -0.182 e. The Balaban J connectivity index is 0.000000150. The summed E-state index contributed by atoms with van der Waals surface area (Å²) in [5.74, 6) is 1.09. The van der Waals surface area contributed by atoms with Crippen LogP contribution in [-0.2, 0) is 33.4 Å². The molecule has 0 radical (unpaired) electrons. The summed E-state index contributed by atoms with van der Waals surface area (Å²) in [6, 6.07) is 10.4. The molecule has 140 valence electrons. The van der Waals surface area contributed by atoms with E-state index in [1.807, 2.05) is 6.07 Å². The first-order chi connectivity index (χ1) is 11.9. The molecule has 5 rings (SSSR count). The van der Waals surface area contributed by atoms with Gasteiger partial charge in [0.05, 0.1) is 0 Å². The molecule has 3 fully saturated rings. The Morgan fingerprint density at radius 3 is 2.00 bits per heavy atom. The van der Waals surface area contributed by atoms with Gasteiger partial charge in [-0.15, -0.1) is 0 Å². The summed E-state index contributed by atoms with van der Waals surface area (Å²) in [7, 11) is 4.15. The number of nitrogens with zero attached hydrogens (tertiary/aromatic N) is 3. The molecule has 0 N–H and O–H groups in total. The average molecular weight is 744 g/mol. The van der Waals surface area contributed by atoms with Gasteiger partial charge < -0.3 is 0 Å². The molecule has 0 saturated heterocycles. The molecule has 0 aliphatic heterocycles. The average Bonchev–Trinajstić information content (AvgIpc) is 2.92. The van der Waals surface area contributed by atoms with Crippen molar-refractivity contribution >= 4 is 45.7 Å². The molecule has 1 aromatic heterocycles. The number of hydrogen-bond donors (Lipinski definition) is 0. The summed E-state index contributed by atoms with van der Waals surface area (Å²) >= 11 is 7.24. The van der Waals surface area contributed by atoms with Crippen LogP contribution in [0.3, 0.4) is 0 Å². The Labute approximate surface area is 189 Å². The zero-order valence-electron chi connectivity index (χ0n) is 14.7. The van der Waals surface area contributed by atoms with Gasteiger partial charge in [-0.2, -0.15) is 1.33 Å². The molecule has 0 unspecified atom stereocenters. The van der Waals surface area contributed by atoms with Crippen LogP contribution in [0, 0.1) is 9.72 Å². The maximum absolute atomic E-state index is 2.46. The Bertz CT molecular complexity index is 745. The van der Waals surface area contributed by atoms with Crippen molar-refractivity contribution in [2.24, 2.45) is 20.0 Å². The molecule has 0 spiro atoms. The van der Waals surface area contributed by atoms with Gasteiger partial charge >= 0.3 is 94.2 Å². The third-order valence-corrected chi connectivity index (χ3v) is 9.29. The van der Waals surface area contributed by atoms with Crippen LogP contribution >= 0.6 is 45.7 Å². The van der Waals surface area contributed by atoms with Gasteiger partial charge in [-0.05, 0) is 44.4 Å². The standard InChI is InChI=1S/C11H12N2.C8H13I2N.Pt/c1-12-8-11(13(2)9-12)10-6-4-3-5-7-10;9-11(10)8-4-1-7(2-5-8)3-6-8;/h3-8H,1-2H3;7H,1-6H2;. The Morgan fingerprint density at radius 2 is 1.60 bits per heavy atom. The van der Waals surface area contributed by atoms with Gasteiger partial charge in [0.1, 0.15) is 0 Å². The minimum atomic E-state index is 0.593. The molecule has 25 heavy (non-hydrogen) atoms. The van der Waals surface area contributed by atoms with Crippen molar-refractivity contribution in [2.75, 3.05) is 0 Å². The Kier molecular flexibility index (Phi) is 7.05. The molecule has 3 saturated carbocycles. The number of fused-ring (bicyclic) bond motifs is 3. The molecule has 2 bridgehead atoms. The van der Waals surface area contributed by atoms with Crippen molar-refractivity contribution in [2.45, 2.75) is 44.1 Å². The van der Waals surface area contributed by atoms with Gasteiger partial charge in [-0.3, -0.25) is 0 Å². The molecule has 6 heteroatoms. The summed E-state index contributed by atoms with van der Waals surface area (Å²) in [5.41, 5.74) is 3.10.